The van der Waals surface area contributed by atoms with E-state index >= 15 is 0 Å². The third-order valence-corrected chi connectivity index (χ3v) is 1.90. The van der Waals surface area contributed by atoms with Gasteiger partial charge in [-0.15, -0.1) is 0 Å². The minimum atomic E-state index is -0.421. The molecule has 5 nitrogen and oxygen atoms in total. The summed E-state index contributed by atoms with van der Waals surface area (Å²) in [6.07, 6.45) is 0. The van der Waals surface area contributed by atoms with E-state index < -0.39 is 6.61 Å². The van der Waals surface area contributed by atoms with Gasteiger partial charge in [0.05, 0.1) is 0 Å². The molecule has 0 aliphatic rings. The predicted octanol–water partition coefficient (Wildman–Crippen LogP) is 1.53. The van der Waals surface area contributed by atoms with Crippen molar-refractivity contribution in [2.24, 2.45) is 0 Å². The van der Waals surface area contributed by atoms with Crippen molar-refractivity contribution in [2.75, 3.05) is 10.6 Å². The number of amides is 2. The van der Waals surface area contributed by atoms with Gasteiger partial charge < -0.3 is 10.6 Å². The molecule has 0 unspecified atom stereocenters. The van der Waals surface area contributed by atoms with Gasteiger partial charge in [0.15, 0.2) is 0 Å². The topological polar surface area (TPSA) is 78.1 Å². The van der Waals surface area contributed by atoms with Crippen LogP contribution < -0.4 is 10.6 Å². The number of carbonyl (C=O) groups excluding carboxylic acids is 2. The molecule has 0 atom stereocenters. The lowest BCUT2D eigenvalue weighted by molar-refractivity contribution is -0.115. The van der Waals surface area contributed by atoms with Crippen LogP contribution in [-0.2, 0) is 21.3 Å². The second kappa shape index (κ2) is 5.27. The molecule has 1 rings (SSSR count). The van der Waals surface area contributed by atoms with Crippen molar-refractivity contribution in [1.82, 2.24) is 0 Å². The Balaban J connectivity index is 3.00. The van der Waals surface area contributed by atoms with E-state index in [0.29, 0.717) is 16.9 Å². The molecule has 1 aromatic rings. The zero-order valence-corrected chi connectivity index (χ0v) is 9.16. The largest absolute Gasteiger partial charge is 0.326 e. The standard InChI is InChI=1S/C11H13N2O3/c1-7(15)12-10-4-3-9(6-14)11(5-10)13-8(2)16/h3-5H,6H2,1-2H3,(H,12,15)(H,13,16). The summed E-state index contributed by atoms with van der Waals surface area (Å²) in [5.74, 6) is -0.460. The number of carbonyl (C=O) groups is 2. The highest BCUT2D eigenvalue weighted by molar-refractivity contribution is 5.93. The SMILES string of the molecule is CC(=O)Nc1ccc(C[O])c(NC(C)=O)c1. The van der Waals surface area contributed by atoms with Crippen LogP contribution >= 0.6 is 0 Å². The number of nitrogens with one attached hydrogen (secondary N) is 2. The quantitative estimate of drug-likeness (QED) is 0.811. The third-order valence-electron chi connectivity index (χ3n) is 1.90. The third kappa shape index (κ3) is 3.36. The van der Waals surface area contributed by atoms with E-state index in [1.165, 1.54) is 13.8 Å². The molecule has 0 spiro atoms. The maximum atomic E-state index is 10.9. The Morgan fingerprint density at radius 2 is 1.75 bits per heavy atom. The van der Waals surface area contributed by atoms with Gasteiger partial charge in [0.2, 0.25) is 11.8 Å². The van der Waals surface area contributed by atoms with Crippen LogP contribution in [-0.4, -0.2) is 11.8 Å². The lowest BCUT2D eigenvalue weighted by Gasteiger charge is -2.10. The van der Waals surface area contributed by atoms with E-state index in [1.807, 2.05) is 0 Å². The fourth-order valence-electron chi connectivity index (χ4n) is 1.29. The van der Waals surface area contributed by atoms with Crippen LogP contribution in [0.15, 0.2) is 18.2 Å². The zero-order chi connectivity index (χ0) is 12.1. The van der Waals surface area contributed by atoms with E-state index in [-0.39, 0.29) is 11.8 Å². The lowest BCUT2D eigenvalue weighted by Crippen LogP contribution is -2.10. The Hall–Kier alpha value is -1.88. The summed E-state index contributed by atoms with van der Waals surface area (Å²) in [5, 5.41) is 16.0. The molecule has 0 aliphatic heterocycles. The first kappa shape index (κ1) is 12.2. The van der Waals surface area contributed by atoms with Crippen molar-refractivity contribution in [3.63, 3.8) is 0 Å². The number of anilines is 2. The molecule has 0 aromatic heterocycles. The molecule has 2 N–H and O–H groups in total. The van der Waals surface area contributed by atoms with Gasteiger partial charge in [-0.1, -0.05) is 6.07 Å². The summed E-state index contributed by atoms with van der Waals surface area (Å²) in [5.41, 5.74) is 1.48. The Kier molecular flexibility index (Phi) is 4.02. The average Bonchev–Trinajstić information content (AvgIpc) is 2.16. The van der Waals surface area contributed by atoms with Gasteiger partial charge in [-0.25, -0.2) is 5.11 Å². The Morgan fingerprint density at radius 1 is 1.12 bits per heavy atom. The summed E-state index contributed by atoms with van der Waals surface area (Å²) in [6.45, 7) is 2.33. The first-order valence-electron chi connectivity index (χ1n) is 4.79. The number of hydrogen-bond acceptors (Lipinski definition) is 2. The molecule has 2 amide bonds. The fourth-order valence-corrected chi connectivity index (χ4v) is 1.29. The van der Waals surface area contributed by atoms with Gasteiger partial charge >= 0.3 is 0 Å². The molecule has 16 heavy (non-hydrogen) atoms. The van der Waals surface area contributed by atoms with Crippen molar-refractivity contribution in [2.45, 2.75) is 20.5 Å². The molecule has 0 bridgehead atoms. The highest BCUT2D eigenvalue weighted by atomic mass is 16.3. The average molecular weight is 221 g/mol. The Bertz CT molecular complexity index is 416. The highest BCUT2D eigenvalue weighted by Gasteiger charge is 2.06. The van der Waals surface area contributed by atoms with Crippen LogP contribution in [0, 0.1) is 0 Å². The monoisotopic (exact) mass is 221 g/mol. The van der Waals surface area contributed by atoms with Crippen LogP contribution in [0.3, 0.4) is 0 Å². The first-order chi connectivity index (χ1) is 7.52. The maximum absolute atomic E-state index is 10.9. The smallest absolute Gasteiger partial charge is 0.221 e. The van der Waals surface area contributed by atoms with E-state index in [4.69, 9.17) is 0 Å². The van der Waals surface area contributed by atoms with Crippen molar-refractivity contribution >= 4 is 23.2 Å². The summed E-state index contributed by atoms with van der Waals surface area (Å²) >= 11 is 0. The fraction of sp³-hybridized carbons (Fsp3) is 0.273. The van der Waals surface area contributed by atoms with Crippen molar-refractivity contribution in [3.8, 4) is 0 Å². The van der Waals surface area contributed by atoms with E-state index in [9.17, 15) is 14.7 Å². The first-order valence-corrected chi connectivity index (χ1v) is 4.79. The molecule has 85 valence electrons. The van der Waals surface area contributed by atoms with E-state index in [0.717, 1.165) is 0 Å². The molecule has 0 heterocycles. The second-order valence-corrected chi connectivity index (χ2v) is 3.38. The summed E-state index contributed by atoms with van der Waals surface area (Å²) in [4.78, 5) is 21.8. The maximum Gasteiger partial charge on any atom is 0.221 e. The summed E-state index contributed by atoms with van der Waals surface area (Å²) in [6, 6.07) is 4.78. The second-order valence-electron chi connectivity index (χ2n) is 3.38. The van der Waals surface area contributed by atoms with Gasteiger partial charge in [-0.3, -0.25) is 9.59 Å². The molecule has 1 aromatic carbocycles. The number of rotatable bonds is 3. The number of hydrogen-bond donors (Lipinski definition) is 2. The van der Waals surface area contributed by atoms with E-state index in [1.54, 1.807) is 18.2 Å². The molecule has 1 radical (unpaired) electrons. The van der Waals surface area contributed by atoms with Crippen LogP contribution in [0.1, 0.15) is 19.4 Å². The summed E-state index contributed by atoms with van der Waals surface area (Å²) in [7, 11) is 0. The van der Waals surface area contributed by atoms with Crippen molar-refractivity contribution in [3.05, 3.63) is 23.8 Å². The van der Waals surface area contributed by atoms with Crippen LogP contribution in [0.4, 0.5) is 11.4 Å². The molecule has 0 saturated heterocycles. The van der Waals surface area contributed by atoms with Gasteiger partial charge in [-0.05, 0) is 12.1 Å². The molecule has 0 saturated carbocycles. The minimum absolute atomic E-state index is 0.205. The van der Waals surface area contributed by atoms with E-state index in [2.05, 4.69) is 10.6 Å². The molecule has 0 fully saturated rings. The van der Waals surface area contributed by atoms with Gasteiger partial charge in [0.25, 0.3) is 0 Å². The number of benzene rings is 1. The van der Waals surface area contributed by atoms with Crippen molar-refractivity contribution in [1.29, 1.82) is 0 Å². The highest BCUT2D eigenvalue weighted by Crippen LogP contribution is 2.21. The predicted molar refractivity (Wildman–Crippen MR) is 59.4 cm³/mol. The minimum Gasteiger partial charge on any atom is -0.326 e. The zero-order valence-electron chi connectivity index (χ0n) is 9.16. The summed E-state index contributed by atoms with van der Waals surface area (Å²) < 4.78 is 0. The molecular formula is C11H13N2O3. The molecule has 0 aliphatic carbocycles. The lowest BCUT2D eigenvalue weighted by atomic mass is 10.1. The Morgan fingerprint density at radius 3 is 2.25 bits per heavy atom. The van der Waals surface area contributed by atoms with Crippen molar-refractivity contribution < 1.29 is 14.7 Å². The Labute approximate surface area is 93.5 Å². The van der Waals surface area contributed by atoms with Gasteiger partial charge in [0, 0.05) is 30.8 Å². The van der Waals surface area contributed by atoms with Crippen LogP contribution in [0.5, 0.6) is 0 Å². The van der Waals surface area contributed by atoms with Crippen LogP contribution in [0.2, 0.25) is 0 Å². The van der Waals surface area contributed by atoms with Crippen LogP contribution in [0.25, 0.3) is 0 Å². The normalized spacial score (nSPS) is 9.69. The van der Waals surface area contributed by atoms with Gasteiger partial charge in [-0.2, -0.15) is 0 Å². The molecular weight excluding hydrogens is 208 g/mol. The van der Waals surface area contributed by atoms with Gasteiger partial charge in [0.1, 0.15) is 6.61 Å². The molecule has 5 heteroatoms.